The average molecular weight is 386 g/mol. The molecule has 0 saturated carbocycles. The molecule has 0 fully saturated rings. The third-order valence-corrected chi connectivity index (χ3v) is 3.65. The van der Waals surface area contributed by atoms with Crippen molar-refractivity contribution in [3.05, 3.63) is 78.9 Å². The van der Waals surface area contributed by atoms with Gasteiger partial charge in [-0.15, -0.1) is 0 Å². The quantitative estimate of drug-likeness (QED) is 0.517. The summed E-state index contributed by atoms with van der Waals surface area (Å²) in [7, 11) is 0. The zero-order valence-corrected chi connectivity index (χ0v) is 14.9. The Morgan fingerprint density at radius 2 is 1.44 bits per heavy atom. The molecule has 3 aromatic carbocycles. The highest BCUT2D eigenvalue weighted by Gasteiger charge is 2.07. The van der Waals surface area contributed by atoms with Gasteiger partial charge in [-0.1, -0.05) is 30.3 Å². The van der Waals surface area contributed by atoms with Crippen LogP contribution in [0.1, 0.15) is 0 Å². The molecular weight excluding hydrogens is 370 g/mol. The van der Waals surface area contributed by atoms with Crippen LogP contribution in [-0.4, -0.2) is 11.7 Å². The molecule has 3 aromatic rings. The molecule has 0 spiro atoms. The number of hydrogen-bond donors (Lipinski definition) is 2. The number of ether oxygens (including phenoxy) is 2. The molecule has 0 amide bonds. The van der Waals surface area contributed by atoms with Gasteiger partial charge in [0.15, 0.2) is 10.9 Å². The van der Waals surface area contributed by atoms with Crippen LogP contribution in [0.5, 0.6) is 17.2 Å². The first-order chi connectivity index (χ1) is 13.1. The Morgan fingerprint density at radius 1 is 0.778 bits per heavy atom. The van der Waals surface area contributed by atoms with Crippen LogP contribution in [0.25, 0.3) is 0 Å². The van der Waals surface area contributed by atoms with Crippen molar-refractivity contribution in [3.63, 3.8) is 0 Å². The van der Waals surface area contributed by atoms with Crippen molar-refractivity contribution < 1.29 is 18.3 Å². The van der Waals surface area contributed by atoms with E-state index < -0.39 is 6.61 Å². The number of rotatable bonds is 6. The van der Waals surface area contributed by atoms with Gasteiger partial charge < -0.3 is 20.1 Å². The van der Waals surface area contributed by atoms with Gasteiger partial charge in [0, 0.05) is 5.69 Å². The average Bonchev–Trinajstić information content (AvgIpc) is 2.65. The number of hydrogen-bond acceptors (Lipinski definition) is 3. The maximum atomic E-state index is 12.2. The standard InChI is InChI=1S/C20H16F2N2O2S/c21-19(22)26-16-12-10-14(11-13-16)23-20(27)24-17-8-4-5-9-18(17)25-15-6-2-1-3-7-15/h1-13,19H,(H2,23,24,27). The maximum Gasteiger partial charge on any atom is 0.387 e. The van der Waals surface area contributed by atoms with Gasteiger partial charge in [0.25, 0.3) is 0 Å². The normalized spacial score (nSPS) is 10.3. The zero-order chi connectivity index (χ0) is 19.1. The first-order valence-electron chi connectivity index (χ1n) is 8.05. The summed E-state index contributed by atoms with van der Waals surface area (Å²) in [6.45, 7) is -2.85. The molecule has 7 heteroatoms. The Bertz CT molecular complexity index is 890. The second-order valence-corrected chi connectivity index (χ2v) is 5.80. The van der Waals surface area contributed by atoms with E-state index in [1.807, 2.05) is 54.6 Å². The number of anilines is 2. The number of alkyl halides is 2. The summed E-state index contributed by atoms with van der Waals surface area (Å²) >= 11 is 5.32. The van der Waals surface area contributed by atoms with Crippen molar-refractivity contribution in [2.24, 2.45) is 0 Å². The molecule has 0 aliphatic heterocycles. The number of halogens is 2. The maximum absolute atomic E-state index is 12.2. The van der Waals surface area contributed by atoms with Crippen LogP contribution >= 0.6 is 12.2 Å². The minimum absolute atomic E-state index is 0.0797. The summed E-state index contributed by atoms with van der Waals surface area (Å²) in [4.78, 5) is 0. The van der Waals surface area contributed by atoms with E-state index in [1.165, 1.54) is 12.1 Å². The van der Waals surface area contributed by atoms with Gasteiger partial charge in [0.05, 0.1) is 5.69 Å². The van der Waals surface area contributed by atoms with Crippen LogP contribution < -0.4 is 20.1 Å². The fourth-order valence-corrected chi connectivity index (χ4v) is 2.51. The van der Waals surface area contributed by atoms with Gasteiger partial charge in [0.2, 0.25) is 0 Å². The molecule has 0 aliphatic carbocycles. The van der Waals surface area contributed by atoms with E-state index in [9.17, 15) is 8.78 Å². The van der Waals surface area contributed by atoms with Gasteiger partial charge in [-0.05, 0) is 60.7 Å². The Balaban J connectivity index is 1.64. The molecule has 0 heterocycles. The molecule has 0 unspecified atom stereocenters. The van der Waals surface area contributed by atoms with E-state index in [0.717, 1.165) is 0 Å². The van der Waals surface area contributed by atoms with E-state index in [4.69, 9.17) is 17.0 Å². The van der Waals surface area contributed by atoms with Crippen molar-refractivity contribution in [2.45, 2.75) is 6.61 Å². The highest BCUT2D eigenvalue weighted by molar-refractivity contribution is 7.80. The molecule has 0 radical (unpaired) electrons. The fourth-order valence-electron chi connectivity index (χ4n) is 2.28. The van der Waals surface area contributed by atoms with Crippen LogP contribution in [0, 0.1) is 0 Å². The lowest BCUT2D eigenvalue weighted by Gasteiger charge is -2.15. The lowest BCUT2D eigenvalue weighted by atomic mass is 10.3. The second-order valence-electron chi connectivity index (χ2n) is 5.39. The monoisotopic (exact) mass is 386 g/mol. The molecule has 0 aliphatic rings. The predicted octanol–water partition coefficient (Wildman–Crippen LogP) is 5.89. The third kappa shape index (κ3) is 5.65. The van der Waals surface area contributed by atoms with E-state index in [1.54, 1.807) is 12.1 Å². The number of benzene rings is 3. The summed E-state index contributed by atoms with van der Waals surface area (Å²) in [6, 6.07) is 22.9. The topological polar surface area (TPSA) is 42.5 Å². The summed E-state index contributed by atoms with van der Waals surface area (Å²) in [5.41, 5.74) is 1.33. The summed E-state index contributed by atoms with van der Waals surface area (Å²) in [5.74, 6) is 1.41. The van der Waals surface area contributed by atoms with Crippen LogP contribution in [0.2, 0.25) is 0 Å². The van der Waals surface area contributed by atoms with Crippen molar-refractivity contribution in [2.75, 3.05) is 10.6 Å². The SMILES string of the molecule is FC(F)Oc1ccc(NC(=S)Nc2ccccc2Oc2ccccc2)cc1. The summed E-state index contributed by atoms with van der Waals surface area (Å²) in [6.07, 6.45) is 0. The van der Waals surface area contributed by atoms with E-state index in [-0.39, 0.29) is 5.75 Å². The Kier molecular flexibility index (Phi) is 6.17. The minimum Gasteiger partial charge on any atom is -0.455 e. The van der Waals surface area contributed by atoms with E-state index >= 15 is 0 Å². The lowest BCUT2D eigenvalue weighted by molar-refractivity contribution is -0.0498. The molecule has 0 aromatic heterocycles. The first kappa shape index (κ1) is 18.6. The Morgan fingerprint density at radius 3 is 2.15 bits per heavy atom. The van der Waals surface area contributed by atoms with Gasteiger partial charge in [-0.25, -0.2) is 0 Å². The van der Waals surface area contributed by atoms with Crippen LogP contribution in [-0.2, 0) is 0 Å². The largest absolute Gasteiger partial charge is 0.455 e. The number of thiocarbonyl (C=S) groups is 1. The van der Waals surface area contributed by atoms with E-state index in [0.29, 0.717) is 28.0 Å². The molecule has 0 atom stereocenters. The number of nitrogens with one attached hydrogen (secondary N) is 2. The smallest absolute Gasteiger partial charge is 0.387 e. The molecular formula is C20H16F2N2O2S. The first-order valence-corrected chi connectivity index (χ1v) is 8.46. The highest BCUT2D eigenvalue weighted by Crippen LogP contribution is 2.29. The Labute approximate surface area is 160 Å². The van der Waals surface area contributed by atoms with Crippen LogP contribution in [0.15, 0.2) is 78.9 Å². The number of para-hydroxylation sites is 3. The molecule has 4 nitrogen and oxygen atoms in total. The molecule has 0 saturated heterocycles. The summed E-state index contributed by atoms with van der Waals surface area (Å²) < 4.78 is 34.6. The summed E-state index contributed by atoms with van der Waals surface area (Å²) in [5, 5.41) is 6.39. The lowest BCUT2D eigenvalue weighted by Crippen LogP contribution is -2.19. The second kappa shape index (κ2) is 8.95. The van der Waals surface area contributed by atoms with Crippen molar-refractivity contribution in [1.82, 2.24) is 0 Å². The molecule has 27 heavy (non-hydrogen) atoms. The van der Waals surface area contributed by atoms with Crippen molar-refractivity contribution >= 4 is 28.7 Å². The van der Waals surface area contributed by atoms with Gasteiger partial charge >= 0.3 is 6.61 Å². The molecule has 2 N–H and O–H groups in total. The van der Waals surface area contributed by atoms with Gasteiger partial charge in [-0.2, -0.15) is 8.78 Å². The fraction of sp³-hybridized carbons (Fsp3) is 0.0500. The van der Waals surface area contributed by atoms with Gasteiger partial charge in [-0.3, -0.25) is 0 Å². The van der Waals surface area contributed by atoms with Crippen LogP contribution in [0.4, 0.5) is 20.2 Å². The molecule has 0 bridgehead atoms. The van der Waals surface area contributed by atoms with Crippen molar-refractivity contribution in [1.29, 1.82) is 0 Å². The Hall–Kier alpha value is -3.19. The van der Waals surface area contributed by atoms with Crippen LogP contribution in [0.3, 0.4) is 0 Å². The molecule has 138 valence electrons. The highest BCUT2D eigenvalue weighted by atomic mass is 32.1. The zero-order valence-electron chi connectivity index (χ0n) is 14.1. The van der Waals surface area contributed by atoms with E-state index in [2.05, 4.69) is 15.4 Å². The predicted molar refractivity (Wildman–Crippen MR) is 106 cm³/mol. The van der Waals surface area contributed by atoms with Crippen molar-refractivity contribution in [3.8, 4) is 17.2 Å². The third-order valence-electron chi connectivity index (χ3n) is 3.44. The molecule has 3 rings (SSSR count). The van der Waals surface area contributed by atoms with Gasteiger partial charge in [0.1, 0.15) is 11.5 Å². The minimum atomic E-state index is -2.85.